The maximum absolute atomic E-state index is 13.1. The van der Waals surface area contributed by atoms with Crippen LogP contribution in [0, 0.1) is 28.1 Å². The summed E-state index contributed by atoms with van der Waals surface area (Å²) in [6.07, 6.45) is 11.3. The highest BCUT2D eigenvalue weighted by molar-refractivity contribution is 5.83. The molecule has 5 saturated carbocycles. The molecule has 0 aromatic rings. The zero-order valence-corrected chi connectivity index (χ0v) is 14.0. The van der Waals surface area contributed by atoms with E-state index in [1.54, 1.807) is 0 Å². The van der Waals surface area contributed by atoms with Crippen LogP contribution in [0.4, 0.5) is 0 Å². The summed E-state index contributed by atoms with van der Waals surface area (Å²) in [5.41, 5.74) is 0.896. The second-order valence-electron chi connectivity index (χ2n) is 10.1. The van der Waals surface area contributed by atoms with E-state index in [9.17, 15) is 4.79 Å². The quantitative estimate of drug-likeness (QED) is 0.807. The fourth-order valence-electron chi connectivity index (χ4n) is 6.88. The molecule has 3 atom stereocenters. The maximum Gasteiger partial charge on any atom is 0.226 e. The lowest BCUT2D eigenvalue weighted by molar-refractivity contribution is -0.156. The summed E-state index contributed by atoms with van der Waals surface area (Å²) >= 11 is 0. The second kappa shape index (κ2) is 4.26. The molecule has 1 amide bonds. The number of nitrogens with one attached hydrogen (secondary N) is 1. The molecule has 118 valence electrons. The number of hydrogen-bond acceptors (Lipinski definition) is 1. The first-order chi connectivity index (χ1) is 9.78. The standard InChI is InChI=1S/C19H31NO/c1-17(2)5-4-15(11-17)20-16(21)19-9-13-6-14(10-19)8-18(3,7-13)12-19/h13-15H,4-12H2,1-3H3,(H,20,21). The maximum atomic E-state index is 13.1. The van der Waals surface area contributed by atoms with Gasteiger partial charge in [-0.15, -0.1) is 0 Å². The molecule has 2 heteroatoms. The fourth-order valence-corrected chi connectivity index (χ4v) is 6.88. The first kappa shape index (κ1) is 14.1. The third-order valence-electron chi connectivity index (χ3n) is 7.14. The van der Waals surface area contributed by atoms with Gasteiger partial charge in [0, 0.05) is 6.04 Å². The Labute approximate surface area is 129 Å². The van der Waals surface area contributed by atoms with Crippen molar-refractivity contribution in [2.24, 2.45) is 28.1 Å². The average molecular weight is 289 g/mol. The molecular formula is C19H31NO. The summed E-state index contributed by atoms with van der Waals surface area (Å²) in [7, 11) is 0. The number of carbonyl (C=O) groups is 1. The zero-order chi connectivity index (χ0) is 14.9. The van der Waals surface area contributed by atoms with Crippen LogP contribution >= 0.6 is 0 Å². The van der Waals surface area contributed by atoms with Crippen LogP contribution in [0.15, 0.2) is 0 Å². The molecule has 5 aliphatic rings. The van der Waals surface area contributed by atoms with Gasteiger partial charge in [-0.25, -0.2) is 0 Å². The summed E-state index contributed by atoms with van der Waals surface area (Å²) in [4.78, 5) is 13.1. The van der Waals surface area contributed by atoms with E-state index in [4.69, 9.17) is 0 Å². The normalized spacial score (nSPS) is 50.3. The average Bonchev–Trinajstić information content (AvgIpc) is 2.65. The summed E-state index contributed by atoms with van der Waals surface area (Å²) in [6.45, 7) is 7.13. The van der Waals surface area contributed by atoms with E-state index in [0.717, 1.165) is 18.3 Å². The smallest absolute Gasteiger partial charge is 0.226 e. The third kappa shape index (κ3) is 2.33. The van der Waals surface area contributed by atoms with Crippen LogP contribution in [0.3, 0.4) is 0 Å². The monoisotopic (exact) mass is 289 g/mol. The molecule has 2 nitrogen and oxygen atoms in total. The predicted molar refractivity (Wildman–Crippen MR) is 84.8 cm³/mol. The molecule has 0 spiro atoms. The van der Waals surface area contributed by atoms with Crippen molar-refractivity contribution in [1.82, 2.24) is 5.32 Å². The molecule has 3 unspecified atom stereocenters. The molecular weight excluding hydrogens is 258 g/mol. The molecule has 0 aliphatic heterocycles. The van der Waals surface area contributed by atoms with Crippen molar-refractivity contribution in [2.45, 2.75) is 84.6 Å². The van der Waals surface area contributed by atoms with Gasteiger partial charge in [0.2, 0.25) is 5.91 Å². The first-order valence-electron chi connectivity index (χ1n) is 9.09. The highest BCUT2D eigenvalue weighted by Crippen LogP contribution is 2.65. The minimum atomic E-state index is 0.00552. The fraction of sp³-hybridized carbons (Fsp3) is 0.947. The lowest BCUT2D eigenvalue weighted by Gasteiger charge is -2.60. The van der Waals surface area contributed by atoms with Crippen LogP contribution < -0.4 is 5.32 Å². The Morgan fingerprint density at radius 1 is 1.00 bits per heavy atom. The Balaban J connectivity index is 1.49. The van der Waals surface area contributed by atoms with E-state index in [-0.39, 0.29) is 5.41 Å². The predicted octanol–water partition coefficient (Wildman–Crippen LogP) is 4.29. The number of rotatable bonds is 2. The SMILES string of the molecule is CC1(C)CCC(NC(=O)C23CC4CC(CC(C)(C4)C2)C3)C1. The van der Waals surface area contributed by atoms with Gasteiger partial charge in [-0.2, -0.15) is 0 Å². The van der Waals surface area contributed by atoms with E-state index in [2.05, 4.69) is 26.1 Å². The van der Waals surface area contributed by atoms with Gasteiger partial charge in [0.25, 0.3) is 0 Å². The van der Waals surface area contributed by atoms with Crippen molar-refractivity contribution in [3.63, 3.8) is 0 Å². The number of amides is 1. The summed E-state index contributed by atoms with van der Waals surface area (Å²) in [6, 6.07) is 0.438. The van der Waals surface area contributed by atoms with Crippen LogP contribution in [0.1, 0.15) is 78.6 Å². The molecule has 0 aromatic heterocycles. The summed E-state index contributed by atoms with van der Waals surface area (Å²) in [5, 5.41) is 3.47. The van der Waals surface area contributed by atoms with E-state index in [1.165, 1.54) is 51.4 Å². The van der Waals surface area contributed by atoms with Gasteiger partial charge < -0.3 is 5.32 Å². The topological polar surface area (TPSA) is 29.1 Å². The van der Waals surface area contributed by atoms with Crippen LogP contribution in [0.5, 0.6) is 0 Å². The Hall–Kier alpha value is -0.530. The van der Waals surface area contributed by atoms with E-state index in [0.29, 0.717) is 22.8 Å². The molecule has 0 radical (unpaired) electrons. The molecule has 0 aromatic carbocycles. The van der Waals surface area contributed by atoms with E-state index in [1.807, 2.05) is 0 Å². The van der Waals surface area contributed by atoms with Crippen molar-refractivity contribution in [2.75, 3.05) is 0 Å². The molecule has 1 N–H and O–H groups in total. The van der Waals surface area contributed by atoms with Gasteiger partial charge in [0.05, 0.1) is 5.41 Å². The Kier molecular flexibility index (Phi) is 2.86. The van der Waals surface area contributed by atoms with Crippen LogP contribution in [0.2, 0.25) is 0 Å². The molecule has 21 heavy (non-hydrogen) atoms. The van der Waals surface area contributed by atoms with Crippen LogP contribution in [-0.2, 0) is 4.79 Å². The van der Waals surface area contributed by atoms with Gasteiger partial charge in [0.15, 0.2) is 0 Å². The third-order valence-corrected chi connectivity index (χ3v) is 7.14. The van der Waals surface area contributed by atoms with Gasteiger partial charge >= 0.3 is 0 Å². The van der Waals surface area contributed by atoms with Gasteiger partial charge in [-0.05, 0) is 80.5 Å². The second-order valence-corrected chi connectivity index (χ2v) is 10.1. The minimum Gasteiger partial charge on any atom is -0.353 e. The van der Waals surface area contributed by atoms with Crippen LogP contribution in [0.25, 0.3) is 0 Å². The number of carbonyl (C=O) groups excluding carboxylic acids is 1. The molecule has 0 saturated heterocycles. The van der Waals surface area contributed by atoms with Gasteiger partial charge in [-0.1, -0.05) is 20.8 Å². The molecule has 5 aliphatic carbocycles. The Morgan fingerprint density at radius 2 is 1.67 bits per heavy atom. The van der Waals surface area contributed by atoms with Gasteiger partial charge in [0.1, 0.15) is 0 Å². The minimum absolute atomic E-state index is 0.00552. The number of hydrogen-bond donors (Lipinski definition) is 1. The van der Waals surface area contributed by atoms with E-state index >= 15 is 0 Å². The highest BCUT2D eigenvalue weighted by atomic mass is 16.2. The molecule has 4 bridgehead atoms. The Bertz CT molecular complexity index is 452. The van der Waals surface area contributed by atoms with Crippen molar-refractivity contribution >= 4 is 5.91 Å². The van der Waals surface area contributed by atoms with Crippen molar-refractivity contribution in [3.05, 3.63) is 0 Å². The molecule has 5 fully saturated rings. The first-order valence-corrected chi connectivity index (χ1v) is 9.09. The largest absolute Gasteiger partial charge is 0.353 e. The van der Waals surface area contributed by atoms with Crippen molar-refractivity contribution in [3.8, 4) is 0 Å². The Morgan fingerprint density at radius 3 is 2.19 bits per heavy atom. The van der Waals surface area contributed by atoms with Crippen molar-refractivity contribution in [1.29, 1.82) is 0 Å². The molecule has 0 heterocycles. The molecule has 5 rings (SSSR count). The lowest BCUT2D eigenvalue weighted by atomic mass is 9.44. The van der Waals surface area contributed by atoms with E-state index < -0.39 is 0 Å². The summed E-state index contributed by atoms with van der Waals surface area (Å²) in [5.74, 6) is 2.09. The zero-order valence-electron chi connectivity index (χ0n) is 14.0. The lowest BCUT2D eigenvalue weighted by Crippen LogP contribution is -2.57. The van der Waals surface area contributed by atoms with Crippen molar-refractivity contribution < 1.29 is 4.79 Å². The van der Waals surface area contributed by atoms with Crippen LogP contribution in [-0.4, -0.2) is 11.9 Å². The summed E-state index contributed by atoms with van der Waals surface area (Å²) < 4.78 is 0. The highest BCUT2D eigenvalue weighted by Gasteiger charge is 2.59. The van der Waals surface area contributed by atoms with Gasteiger partial charge in [-0.3, -0.25) is 4.79 Å².